The van der Waals surface area contributed by atoms with E-state index in [0.29, 0.717) is 49.8 Å². The van der Waals surface area contributed by atoms with Crippen molar-refractivity contribution < 1.29 is 15.7 Å². The second-order valence-corrected chi connectivity index (χ2v) is 24.0. The summed E-state index contributed by atoms with van der Waals surface area (Å²) >= 11 is 1.53. The van der Waals surface area contributed by atoms with Crippen LogP contribution in [0.1, 0.15) is 54.0 Å². The predicted octanol–water partition coefficient (Wildman–Crippen LogP) is 15.7. The molecule has 12 rings (SSSR count). The minimum absolute atomic E-state index is 0.00835. The van der Waals surface area contributed by atoms with Gasteiger partial charge >= 0.3 is 0 Å². The average molecular weight is 857 g/mol. The van der Waals surface area contributed by atoms with E-state index in [1.54, 1.807) is 18.2 Å². The zero-order chi connectivity index (χ0) is 49.7. The third-order valence-electron chi connectivity index (χ3n) is 14.3. The van der Waals surface area contributed by atoms with Crippen LogP contribution in [0.5, 0.6) is 11.5 Å². The van der Waals surface area contributed by atoms with Gasteiger partial charge in [0.2, 0.25) is 0 Å². The Hall–Kier alpha value is -6.53. The van der Waals surface area contributed by atoms with Gasteiger partial charge < -0.3 is 4.74 Å². The summed E-state index contributed by atoms with van der Waals surface area (Å²) in [4.78, 5) is 6.00. The van der Waals surface area contributed by atoms with Crippen LogP contribution in [-0.4, -0.2) is 17.5 Å². The molecule has 0 unspecified atom stereocenters. The molecule has 5 heteroatoms. The fourth-order valence-corrected chi connectivity index (χ4v) is 14.2. The monoisotopic (exact) mass is 856 g/mol. The van der Waals surface area contributed by atoms with E-state index in [1.165, 1.54) is 18.3 Å². The van der Waals surface area contributed by atoms with Crippen molar-refractivity contribution >= 4 is 50.8 Å². The summed E-state index contributed by atoms with van der Waals surface area (Å²) in [5, 5.41) is 0.222. The Morgan fingerprint density at radius 1 is 0.651 bits per heavy atom. The summed E-state index contributed by atoms with van der Waals surface area (Å²) in [6.07, 6.45) is -1.93. The number of fused-ring (bicyclic) bond motifs is 15. The van der Waals surface area contributed by atoms with Crippen molar-refractivity contribution in [2.24, 2.45) is 0 Å². The highest BCUT2D eigenvalue weighted by Crippen LogP contribution is 2.55. The molecule has 63 heavy (non-hydrogen) atoms. The smallest absolute Gasteiger partial charge is 0.195 e. The van der Waals surface area contributed by atoms with Crippen LogP contribution in [0, 0.1) is 13.7 Å². The third-order valence-corrected chi connectivity index (χ3v) is 20.5. The van der Waals surface area contributed by atoms with Crippen molar-refractivity contribution in [1.82, 2.24) is 9.38 Å². The van der Waals surface area contributed by atoms with E-state index in [-0.39, 0.29) is 11.1 Å². The Kier molecular flexibility index (Phi) is 6.65. The Balaban J connectivity index is 1.26. The van der Waals surface area contributed by atoms with Crippen LogP contribution in [0.2, 0.25) is 13.1 Å². The van der Waals surface area contributed by atoms with Gasteiger partial charge in [0.1, 0.15) is 11.5 Å². The summed E-state index contributed by atoms with van der Waals surface area (Å²) < 4.78 is 83.7. The van der Waals surface area contributed by atoms with Gasteiger partial charge in [-0.1, -0.05) is 160 Å². The lowest BCUT2D eigenvalue weighted by molar-refractivity contribution is 0.478. The molecule has 0 atom stereocenters. The van der Waals surface area contributed by atoms with Crippen LogP contribution in [0.3, 0.4) is 0 Å². The average Bonchev–Trinajstić information content (AvgIpc) is 3.86. The lowest BCUT2D eigenvalue weighted by atomic mass is 9.79. The Labute approximate surface area is 385 Å². The van der Waals surface area contributed by atoms with Crippen LogP contribution < -0.4 is 9.92 Å². The molecule has 3 heterocycles. The first kappa shape index (κ1) is 30.5. The van der Waals surface area contributed by atoms with E-state index in [1.807, 2.05) is 60.7 Å². The number of para-hydroxylation sites is 1. The molecular formula is C58H48N2OSSi. The van der Waals surface area contributed by atoms with E-state index in [4.69, 9.17) is 13.8 Å². The molecule has 0 spiro atoms. The van der Waals surface area contributed by atoms with Crippen LogP contribution in [0.4, 0.5) is 0 Å². The van der Waals surface area contributed by atoms with Gasteiger partial charge in [-0.25, -0.2) is 4.98 Å². The molecule has 0 amide bonds. The molecule has 0 radical (unpaired) electrons. The Bertz CT molecular complexity index is 3890. The number of thiazole rings is 1. The largest absolute Gasteiger partial charge is 0.457 e. The highest BCUT2D eigenvalue weighted by molar-refractivity contribution is 7.23. The van der Waals surface area contributed by atoms with Gasteiger partial charge in [-0.05, 0) is 145 Å². The molecule has 0 saturated heterocycles. The van der Waals surface area contributed by atoms with Gasteiger partial charge in [0.15, 0.2) is 4.96 Å². The van der Waals surface area contributed by atoms with Crippen LogP contribution in [0.15, 0.2) is 152 Å². The quantitative estimate of drug-likeness (QED) is 0.166. The van der Waals surface area contributed by atoms with Crippen molar-refractivity contribution in [2.75, 3.05) is 0 Å². The maximum Gasteiger partial charge on any atom is 0.195 e. The number of aromatic nitrogens is 2. The lowest BCUT2D eigenvalue weighted by Crippen LogP contribution is -2.56. The van der Waals surface area contributed by atoms with Gasteiger partial charge in [0, 0.05) is 22.1 Å². The topological polar surface area (TPSA) is 26.5 Å². The van der Waals surface area contributed by atoms with E-state index in [2.05, 4.69) is 104 Å². The predicted molar refractivity (Wildman–Crippen MR) is 270 cm³/mol. The first-order valence-corrected chi connectivity index (χ1v) is 25.3. The standard InChI is InChI=1S/C58H48N2OSSi/c1-8-36-27-29-49-55(59-57-60(49)48-23-15-16-24-51(48)62-57)54(36)45-33-47-56(61-50-31-34(2)25-30-52(50)63(6,7)58(47,4)5)53(35(45)3)37-26-28-44-42-21-12-11-19-40(42)38-17-9-10-18-39(38)41-20-13-14-22-43(41)46(44)32-37/h9-33H,8H2,1-7H3/i2D3,3D3,8D2. The zero-order valence-corrected chi connectivity index (χ0v) is 37.5. The molecule has 306 valence electrons. The molecule has 3 nitrogen and oxygen atoms in total. The number of hydrogen-bond acceptors (Lipinski definition) is 3. The summed E-state index contributed by atoms with van der Waals surface area (Å²) in [5.41, 5.74) is 13.2. The lowest BCUT2D eigenvalue weighted by Gasteiger charge is -2.40. The van der Waals surface area contributed by atoms with E-state index in [9.17, 15) is 6.85 Å². The molecular weight excluding hydrogens is 801 g/mol. The van der Waals surface area contributed by atoms with Crippen molar-refractivity contribution in [1.29, 1.82) is 0 Å². The summed E-state index contributed by atoms with van der Waals surface area (Å²) in [6.45, 7) is 5.13. The molecule has 0 bridgehead atoms. The second kappa shape index (κ2) is 13.7. The van der Waals surface area contributed by atoms with Gasteiger partial charge in [-0.2, -0.15) is 0 Å². The molecule has 0 saturated carbocycles. The van der Waals surface area contributed by atoms with Gasteiger partial charge in [0.25, 0.3) is 0 Å². The van der Waals surface area contributed by atoms with Crippen molar-refractivity contribution in [3.63, 3.8) is 0 Å². The number of aryl methyl sites for hydroxylation is 2. The minimum atomic E-state index is -2.81. The zero-order valence-electron chi connectivity index (χ0n) is 43.6. The summed E-state index contributed by atoms with van der Waals surface area (Å²) in [5.74, 6) is 0.727. The highest BCUT2D eigenvalue weighted by atomic mass is 32.1. The summed E-state index contributed by atoms with van der Waals surface area (Å²) in [6, 6.07) is 50.2. The molecule has 1 aliphatic carbocycles. The van der Waals surface area contributed by atoms with Crippen molar-refractivity contribution in [3.8, 4) is 78.3 Å². The molecule has 10 aromatic rings. The Morgan fingerprint density at radius 3 is 1.94 bits per heavy atom. The molecule has 0 fully saturated rings. The van der Waals surface area contributed by atoms with E-state index in [0.717, 1.165) is 71.0 Å². The fourth-order valence-electron chi connectivity index (χ4n) is 10.4. The number of benzene rings is 8. The molecule has 1 aliphatic heterocycles. The molecule has 8 aromatic carbocycles. The molecule has 0 N–H and O–H groups in total. The highest BCUT2D eigenvalue weighted by Gasteiger charge is 2.48. The third kappa shape index (κ3) is 5.39. The van der Waals surface area contributed by atoms with Crippen molar-refractivity contribution in [3.05, 3.63) is 174 Å². The molecule has 2 aromatic heterocycles. The second-order valence-electron chi connectivity index (χ2n) is 17.9. The first-order valence-electron chi connectivity index (χ1n) is 25.5. The van der Waals surface area contributed by atoms with Crippen molar-refractivity contribution in [2.45, 2.75) is 59.0 Å². The van der Waals surface area contributed by atoms with Crippen LogP contribution in [0.25, 0.3) is 93.0 Å². The van der Waals surface area contributed by atoms with Gasteiger partial charge in [0.05, 0.1) is 29.3 Å². The number of rotatable bonds is 3. The van der Waals surface area contributed by atoms with Gasteiger partial charge in [-0.3, -0.25) is 4.40 Å². The van der Waals surface area contributed by atoms with E-state index < -0.39 is 33.2 Å². The van der Waals surface area contributed by atoms with Crippen LogP contribution >= 0.6 is 11.3 Å². The maximum atomic E-state index is 9.72. The summed E-state index contributed by atoms with van der Waals surface area (Å²) in [7, 11) is -2.78. The van der Waals surface area contributed by atoms with Crippen LogP contribution in [-0.2, 0) is 11.4 Å². The number of ether oxygens (including phenoxy) is 1. The Morgan fingerprint density at radius 2 is 1.29 bits per heavy atom. The number of nitrogens with zero attached hydrogens (tertiary/aromatic N) is 2. The van der Waals surface area contributed by atoms with Gasteiger partial charge in [-0.15, -0.1) is 0 Å². The fraction of sp³-hybridized carbons (Fsp3) is 0.155. The minimum Gasteiger partial charge on any atom is -0.457 e. The number of hydrogen-bond donors (Lipinski definition) is 0. The maximum absolute atomic E-state index is 9.72. The normalized spacial score (nSPS) is 16.9. The molecule has 2 aliphatic rings. The first-order chi connectivity index (χ1) is 33.6. The van der Waals surface area contributed by atoms with E-state index >= 15 is 0 Å². The number of imidazole rings is 1. The SMILES string of the molecule is [2H]C([2H])([2H])c1ccc2c(c1)Oc1c(cc(-c3c(C([2H])([2H])C)ccc4c3nc3sc5ccccc5n34)c(C([2H])([2H])[2H])c1-c1ccc3c(c1)-c1ccccc1-c1ccccc1-c1ccccc1-3)C(C)(C)[Si]2(C)C.